The van der Waals surface area contributed by atoms with Crippen molar-refractivity contribution in [3.8, 4) is 0 Å². The molecule has 0 unspecified atom stereocenters. The SMILES string of the molecule is CC/C(CO)=C(/N)c1nonc1NCCCOC. The molecule has 0 aromatic carbocycles. The van der Waals surface area contributed by atoms with Crippen molar-refractivity contribution in [2.45, 2.75) is 19.8 Å². The van der Waals surface area contributed by atoms with Crippen molar-refractivity contribution in [3.05, 3.63) is 11.3 Å². The van der Waals surface area contributed by atoms with E-state index >= 15 is 0 Å². The average Bonchev–Trinajstić information content (AvgIpc) is 2.84. The Kier molecular flexibility index (Phi) is 6.16. The standard InChI is InChI=1S/C11H20N4O3/c1-3-8(7-16)9(12)10-11(15-18-14-10)13-5-4-6-17-2/h16H,3-7,12H2,1-2H3,(H,13,15)/b9-8-. The Hall–Kier alpha value is -1.60. The third kappa shape index (κ3) is 3.71. The highest BCUT2D eigenvalue weighted by atomic mass is 16.6. The fourth-order valence-electron chi connectivity index (χ4n) is 1.46. The van der Waals surface area contributed by atoms with Crippen LogP contribution in [0.25, 0.3) is 5.70 Å². The van der Waals surface area contributed by atoms with Gasteiger partial charge in [0, 0.05) is 20.3 Å². The molecule has 0 radical (unpaired) electrons. The first-order valence-corrected chi connectivity index (χ1v) is 5.88. The molecule has 0 atom stereocenters. The van der Waals surface area contributed by atoms with E-state index in [4.69, 9.17) is 10.5 Å². The van der Waals surface area contributed by atoms with Crippen molar-refractivity contribution in [1.82, 2.24) is 10.3 Å². The summed E-state index contributed by atoms with van der Waals surface area (Å²) in [5, 5.41) is 19.8. The summed E-state index contributed by atoms with van der Waals surface area (Å²) in [5.74, 6) is 0.489. The minimum Gasteiger partial charge on any atom is -0.397 e. The number of methoxy groups -OCH3 is 1. The van der Waals surface area contributed by atoms with Gasteiger partial charge in [-0.05, 0) is 28.7 Å². The summed E-state index contributed by atoms with van der Waals surface area (Å²) in [6, 6.07) is 0. The molecule has 0 saturated heterocycles. The van der Waals surface area contributed by atoms with Crippen LogP contribution in [-0.4, -0.2) is 42.3 Å². The number of aliphatic hydroxyl groups is 1. The Bertz CT molecular complexity index is 383. The fraction of sp³-hybridized carbons (Fsp3) is 0.636. The first kappa shape index (κ1) is 14.5. The first-order chi connectivity index (χ1) is 8.74. The Morgan fingerprint density at radius 3 is 2.89 bits per heavy atom. The van der Waals surface area contributed by atoms with E-state index in [1.807, 2.05) is 6.92 Å². The maximum atomic E-state index is 9.18. The van der Waals surface area contributed by atoms with E-state index in [0.29, 0.717) is 42.4 Å². The van der Waals surface area contributed by atoms with Crippen LogP contribution in [0.2, 0.25) is 0 Å². The van der Waals surface area contributed by atoms with Gasteiger partial charge in [0.15, 0.2) is 5.69 Å². The molecule has 1 heterocycles. The average molecular weight is 256 g/mol. The Balaban J connectivity index is 2.73. The lowest BCUT2D eigenvalue weighted by Gasteiger charge is -2.07. The van der Waals surface area contributed by atoms with Crippen molar-refractivity contribution >= 4 is 11.5 Å². The Morgan fingerprint density at radius 2 is 2.28 bits per heavy atom. The summed E-state index contributed by atoms with van der Waals surface area (Å²) < 4.78 is 9.62. The molecular formula is C11H20N4O3. The van der Waals surface area contributed by atoms with Gasteiger partial charge in [-0.1, -0.05) is 6.92 Å². The number of hydrogen-bond donors (Lipinski definition) is 3. The Labute approximate surface area is 106 Å². The van der Waals surface area contributed by atoms with Gasteiger partial charge in [-0.2, -0.15) is 0 Å². The van der Waals surface area contributed by atoms with Gasteiger partial charge in [0.05, 0.1) is 12.3 Å². The van der Waals surface area contributed by atoms with Gasteiger partial charge < -0.3 is 20.9 Å². The molecule has 1 rings (SSSR count). The van der Waals surface area contributed by atoms with Crippen LogP contribution in [0, 0.1) is 0 Å². The van der Waals surface area contributed by atoms with Crippen LogP contribution in [-0.2, 0) is 4.74 Å². The van der Waals surface area contributed by atoms with Crippen molar-refractivity contribution in [2.75, 3.05) is 32.2 Å². The molecule has 0 spiro atoms. The van der Waals surface area contributed by atoms with Crippen molar-refractivity contribution < 1.29 is 14.5 Å². The molecule has 102 valence electrons. The molecule has 0 aliphatic carbocycles. The van der Waals surface area contributed by atoms with Crippen LogP contribution in [0.15, 0.2) is 10.2 Å². The largest absolute Gasteiger partial charge is 0.397 e. The van der Waals surface area contributed by atoms with Crippen LogP contribution in [0.3, 0.4) is 0 Å². The van der Waals surface area contributed by atoms with Gasteiger partial charge in [0.2, 0.25) is 5.82 Å². The highest BCUT2D eigenvalue weighted by Crippen LogP contribution is 2.20. The van der Waals surface area contributed by atoms with Gasteiger partial charge in [-0.25, -0.2) is 4.63 Å². The predicted molar refractivity (Wildman–Crippen MR) is 67.8 cm³/mol. The minimum absolute atomic E-state index is 0.0989. The third-order valence-corrected chi connectivity index (χ3v) is 2.56. The topological polar surface area (TPSA) is 106 Å². The van der Waals surface area contributed by atoms with Crippen LogP contribution in [0.4, 0.5) is 5.82 Å². The van der Waals surface area contributed by atoms with Crippen LogP contribution < -0.4 is 11.1 Å². The van der Waals surface area contributed by atoms with E-state index in [1.165, 1.54) is 0 Å². The number of ether oxygens (including phenoxy) is 1. The molecule has 0 fully saturated rings. The fourth-order valence-corrected chi connectivity index (χ4v) is 1.46. The number of aromatic nitrogens is 2. The highest BCUT2D eigenvalue weighted by molar-refractivity contribution is 5.70. The zero-order valence-corrected chi connectivity index (χ0v) is 10.8. The number of aliphatic hydroxyl groups excluding tert-OH is 1. The van der Waals surface area contributed by atoms with Gasteiger partial charge >= 0.3 is 0 Å². The second kappa shape index (κ2) is 7.67. The van der Waals surface area contributed by atoms with E-state index in [-0.39, 0.29) is 6.61 Å². The van der Waals surface area contributed by atoms with Gasteiger partial charge in [0.1, 0.15) is 0 Å². The van der Waals surface area contributed by atoms with Gasteiger partial charge in [-0.15, -0.1) is 0 Å². The molecule has 0 aliphatic heterocycles. The summed E-state index contributed by atoms with van der Waals surface area (Å²) >= 11 is 0. The first-order valence-electron chi connectivity index (χ1n) is 5.88. The summed E-state index contributed by atoms with van der Waals surface area (Å²) in [7, 11) is 1.65. The number of nitrogens with zero attached hydrogens (tertiary/aromatic N) is 2. The van der Waals surface area contributed by atoms with Crippen LogP contribution >= 0.6 is 0 Å². The number of hydrogen-bond acceptors (Lipinski definition) is 7. The summed E-state index contributed by atoms with van der Waals surface area (Å²) in [5.41, 5.74) is 7.50. The lowest BCUT2D eigenvalue weighted by molar-refractivity contribution is 0.197. The molecule has 18 heavy (non-hydrogen) atoms. The van der Waals surface area contributed by atoms with Crippen molar-refractivity contribution in [1.29, 1.82) is 0 Å². The maximum absolute atomic E-state index is 9.18. The normalized spacial score (nSPS) is 12.4. The van der Waals surface area contributed by atoms with Gasteiger partial charge in [0.25, 0.3) is 0 Å². The minimum atomic E-state index is -0.0989. The predicted octanol–water partition coefficient (Wildman–Crippen LogP) is 0.590. The lowest BCUT2D eigenvalue weighted by atomic mass is 10.1. The van der Waals surface area contributed by atoms with E-state index < -0.39 is 0 Å². The molecule has 1 aromatic rings. The monoisotopic (exact) mass is 256 g/mol. The van der Waals surface area contributed by atoms with Crippen molar-refractivity contribution in [3.63, 3.8) is 0 Å². The second-order valence-corrected chi connectivity index (χ2v) is 3.76. The van der Waals surface area contributed by atoms with Crippen LogP contribution in [0.1, 0.15) is 25.5 Å². The third-order valence-electron chi connectivity index (χ3n) is 2.56. The zero-order chi connectivity index (χ0) is 13.4. The van der Waals surface area contributed by atoms with E-state index in [1.54, 1.807) is 7.11 Å². The van der Waals surface area contributed by atoms with E-state index in [9.17, 15) is 5.11 Å². The highest BCUT2D eigenvalue weighted by Gasteiger charge is 2.14. The molecule has 1 aromatic heterocycles. The van der Waals surface area contributed by atoms with Crippen LogP contribution in [0.5, 0.6) is 0 Å². The number of nitrogens with two attached hydrogens (primary N) is 1. The quantitative estimate of drug-likeness (QED) is 0.584. The number of nitrogens with one attached hydrogen (secondary N) is 1. The molecule has 0 aliphatic rings. The van der Waals surface area contributed by atoms with Crippen molar-refractivity contribution in [2.24, 2.45) is 5.73 Å². The van der Waals surface area contributed by atoms with Gasteiger partial charge in [-0.3, -0.25) is 0 Å². The molecular weight excluding hydrogens is 236 g/mol. The summed E-state index contributed by atoms with van der Waals surface area (Å²) in [6.45, 7) is 3.16. The second-order valence-electron chi connectivity index (χ2n) is 3.76. The smallest absolute Gasteiger partial charge is 0.200 e. The molecule has 0 saturated carbocycles. The Morgan fingerprint density at radius 1 is 1.50 bits per heavy atom. The molecule has 0 bridgehead atoms. The number of rotatable bonds is 8. The maximum Gasteiger partial charge on any atom is 0.200 e. The number of anilines is 1. The summed E-state index contributed by atoms with van der Waals surface area (Å²) in [6.07, 6.45) is 1.49. The molecule has 7 nitrogen and oxygen atoms in total. The summed E-state index contributed by atoms with van der Waals surface area (Å²) in [4.78, 5) is 0. The van der Waals surface area contributed by atoms with E-state index in [0.717, 1.165) is 6.42 Å². The molecule has 7 heteroatoms. The van der Waals surface area contributed by atoms with E-state index in [2.05, 4.69) is 20.3 Å². The lowest BCUT2D eigenvalue weighted by Crippen LogP contribution is -2.10. The molecule has 4 N–H and O–H groups in total. The zero-order valence-electron chi connectivity index (χ0n) is 10.8. The molecule has 0 amide bonds.